The van der Waals surface area contributed by atoms with Gasteiger partial charge < -0.3 is 14.4 Å². The summed E-state index contributed by atoms with van der Waals surface area (Å²) in [4.78, 5) is 26.6. The van der Waals surface area contributed by atoms with E-state index in [1.54, 1.807) is 30.0 Å². The van der Waals surface area contributed by atoms with Crippen LogP contribution in [-0.2, 0) is 9.53 Å². The SMILES string of the molecule is CCOC(=O)[C@@H]1CCCN(C(=O)c2cccc(Oc3ccccc3)c2)C1. The number of piperidine rings is 1. The molecule has 0 spiro atoms. The molecule has 0 bridgehead atoms. The van der Waals surface area contributed by atoms with Gasteiger partial charge in [0.05, 0.1) is 12.5 Å². The minimum atomic E-state index is -0.239. The molecule has 1 amide bonds. The topological polar surface area (TPSA) is 55.8 Å². The zero-order valence-electron chi connectivity index (χ0n) is 14.9. The standard InChI is InChI=1S/C21H23NO4/c1-2-25-21(24)17-9-7-13-22(15-17)20(23)16-8-6-12-19(14-16)26-18-10-4-3-5-11-18/h3-6,8,10-12,14,17H,2,7,9,13,15H2,1H3/t17-/m1/s1. The predicted molar refractivity (Wildman–Crippen MR) is 98.2 cm³/mol. The molecule has 0 unspecified atom stereocenters. The van der Waals surface area contributed by atoms with Crippen molar-refractivity contribution < 1.29 is 19.1 Å². The number of hydrogen-bond donors (Lipinski definition) is 0. The first-order valence-corrected chi connectivity index (χ1v) is 8.96. The molecule has 3 rings (SSSR count). The zero-order chi connectivity index (χ0) is 18.4. The molecule has 0 radical (unpaired) electrons. The Balaban J connectivity index is 1.69. The van der Waals surface area contributed by atoms with Crippen molar-refractivity contribution in [1.82, 2.24) is 4.90 Å². The summed E-state index contributed by atoms with van der Waals surface area (Å²) in [7, 11) is 0. The van der Waals surface area contributed by atoms with Crippen LogP contribution >= 0.6 is 0 Å². The normalized spacial score (nSPS) is 16.8. The molecule has 1 aliphatic rings. The molecule has 1 aliphatic heterocycles. The van der Waals surface area contributed by atoms with E-state index in [2.05, 4.69) is 0 Å². The highest BCUT2D eigenvalue weighted by Gasteiger charge is 2.29. The highest BCUT2D eigenvalue weighted by Crippen LogP contribution is 2.24. The molecule has 1 fully saturated rings. The lowest BCUT2D eigenvalue weighted by Gasteiger charge is -2.31. The third kappa shape index (κ3) is 4.42. The summed E-state index contributed by atoms with van der Waals surface area (Å²) in [6.45, 7) is 3.21. The second kappa shape index (κ2) is 8.52. The molecular weight excluding hydrogens is 330 g/mol. The van der Waals surface area contributed by atoms with Crippen LogP contribution in [0.25, 0.3) is 0 Å². The molecule has 26 heavy (non-hydrogen) atoms. The summed E-state index contributed by atoms with van der Waals surface area (Å²) in [5.74, 6) is 0.790. The number of nitrogens with zero attached hydrogens (tertiary/aromatic N) is 1. The molecule has 5 heteroatoms. The fourth-order valence-corrected chi connectivity index (χ4v) is 3.11. The molecule has 2 aromatic carbocycles. The molecule has 5 nitrogen and oxygen atoms in total. The molecule has 136 valence electrons. The number of carbonyl (C=O) groups excluding carboxylic acids is 2. The summed E-state index contributed by atoms with van der Waals surface area (Å²) >= 11 is 0. The number of esters is 1. The minimum Gasteiger partial charge on any atom is -0.466 e. The van der Waals surface area contributed by atoms with E-state index >= 15 is 0 Å². The fourth-order valence-electron chi connectivity index (χ4n) is 3.11. The maximum absolute atomic E-state index is 12.8. The monoisotopic (exact) mass is 353 g/mol. The molecule has 2 aromatic rings. The van der Waals surface area contributed by atoms with Gasteiger partial charge in [-0.1, -0.05) is 24.3 Å². The van der Waals surface area contributed by atoms with Gasteiger partial charge in [0.1, 0.15) is 11.5 Å². The van der Waals surface area contributed by atoms with Crippen LogP contribution in [0.3, 0.4) is 0 Å². The Labute approximate surface area is 153 Å². The molecule has 0 aliphatic carbocycles. The van der Waals surface area contributed by atoms with E-state index in [9.17, 15) is 9.59 Å². The average molecular weight is 353 g/mol. The van der Waals surface area contributed by atoms with Gasteiger partial charge >= 0.3 is 5.97 Å². The number of hydrogen-bond acceptors (Lipinski definition) is 4. The molecule has 0 N–H and O–H groups in total. The lowest BCUT2D eigenvalue weighted by atomic mass is 9.97. The van der Waals surface area contributed by atoms with E-state index in [0.717, 1.165) is 18.6 Å². The maximum atomic E-state index is 12.8. The van der Waals surface area contributed by atoms with Crippen LogP contribution in [-0.4, -0.2) is 36.5 Å². The zero-order valence-corrected chi connectivity index (χ0v) is 14.9. The van der Waals surface area contributed by atoms with E-state index in [1.165, 1.54) is 0 Å². The summed E-state index contributed by atoms with van der Waals surface area (Å²) in [6, 6.07) is 16.6. The van der Waals surface area contributed by atoms with E-state index in [-0.39, 0.29) is 17.8 Å². The van der Waals surface area contributed by atoms with Gasteiger partial charge in [-0.05, 0) is 50.1 Å². The van der Waals surface area contributed by atoms with Gasteiger partial charge in [0.15, 0.2) is 0 Å². The number of para-hydroxylation sites is 1. The van der Waals surface area contributed by atoms with Crippen LogP contribution < -0.4 is 4.74 Å². The lowest BCUT2D eigenvalue weighted by molar-refractivity contribution is -0.149. The van der Waals surface area contributed by atoms with Crippen LogP contribution in [0.5, 0.6) is 11.5 Å². The van der Waals surface area contributed by atoms with Crippen molar-refractivity contribution in [1.29, 1.82) is 0 Å². The molecule has 0 saturated carbocycles. The Morgan fingerprint density at radius 1 is 1.08 bits per heavy atom. The van der Waals surface area contributed by atoms with Crippen LogP contribution in [0.15, 0.2) is 54.6 Å². The fraction of sp³-hybridized carbons (Fsp3) is 0.333. The smallest absolute Gasteiger partial charge is 0.310 e. The first-order valence-electron chi connectivity index (χ1n) is 8.96. The van der Waals surface area contributed by atoms with E-state index in [0.29, 0.717) is 31.0 Å². The molecule has 1 atom stereocenters. The Kier molecular flexibility index (Phi) is 5.89. The number of benzene rings is 2. The Morgan fingerprint density at radius 3 is 2.62 bits per heavy atom. The highest BCUT2D eigenvalue weighted by atomic mass is 16.5. The van der Waals surface area contributed by atoms with E-state index < -0.39 is 0 Å². The predicted octanol–water partition coefficient (Wildman–Crippen LogP) is 3.89. The van der Waals surface area contributed by atoms with Gasteiger partial charge in [0.25, 0.3) is 5.91 Å². The van der Waals surface area contributed by atoms with Crippen LogP contribution in [0.2, 0.25) is 0 Å². The number of amides is 1. The number of carbonyl (C=O) groups is 2. The summed E-state index contributed by atoms with van der Waals surface area (Å²) in [6.07, 6.45) is 1.56. The van der Waals surface area contributed by atoms with Gasteiger partial charge in [-0.3, -0.25) is 9.59 Å². The first kappa shape index (κ1) is 18.0. The van der Waals surface area contributed by atoms with Gasteiger partial charge in [0, 0.05) is 18.7 Å². The van der Waals surface area contributed by atoms with Crippen LogP contribution in [0.1, 0.15) is 30.1 Å². The van der Waals surface area contributed by atoms with Crippen molar-refractivity contribution >= 4 is 11.9 Å². The summed E-state index contributed by atoms with van der Waals surface area (Å²) in [5, 5.41) is 0. The number of rotatable bonds is 5. The summed E-state index contributed by atoms with van der Waals surface area (Å²) < 4.78 is 10.9. The van der Waals surface area contributed by atoms with Crippen LogP contribution in [0, 0.1) is 5.92 Å². The number of ether oxygens (including phenoxy) is 2. The average Bonchev–Trinajstić information content (AvgIpc) is 2.69. The quantitative estimate of drug-likeness (QED) is 0.765. The van der Waals surface area contributed by atoms with Crippen molar-refractivity contribution in [3.8, 4) is 11.5 Å². The second-order valence-corrected chi connectivity index (χ2v) is 6.29. The minimum absolute atomic E-state index is 0.0856. The molecule has 1 heterocycles. The first-order chi connectivity index (χ1) is 12.7. The van der Waals surface area contributed by atoms with Crippen molar-refractivity contribution in [3.05, 3.63) is 60.2 Å². The third-order valence-electron chi connectivity index (χ3n) is 4.39. The lowest BCUT2D eigenvalue weighted by Crippen LogP contribution is -2.42. The number of likely N-dealkylation sites (tertiary alicyclic amines) is 1. The highest BCUT2D eigenvalue weighted by molar-refractivity contribution is 5.95. The van der Waals surface area contributed by atoms with Gasteiger partial charge in [-0.25, -0.2) is 0 Å². The van der Waals surface area contributed by atoms with Crippen molar-refractivity contribution in [2.45, 2.75) is 19.8 Å². The third-order valence-corrected chi connectivity index (χ3v) is 4.39. The molecular formula is C21H23NO4. The Hall–Kier alpha value is -2.82. The van der Waals surface area contributed by atoms with Crippen LogP contribution in [0.4, 0.5) is 0 Å². The maximum Gasteiger partial charge on any atom is 0.310 e. The van der Waals surface area contributed by atoms with E-state index in [4.69, 9.17) is 9.47 Å². The van der Waals surface area contributed by atoms with Crippen molar-refractivity contribution in [3.63, 3.8) is 0 Å². The molecule has 0 aromatic heterocycles. The second-order valence-electron chi connectivity index (χ2n) is 6.29. The Morgan fingerprint density at radius 2 is 1.85 bits per heavy atom. The van der Waals surface area contributed by atoms with E-state index in [1.807, 2.05) is 36.4 Å². The molecule has 1 saturated heterocycles. The van der Waals surface area contributed by atoms with Gasteiger partial charge in [-0.2, -0.15) is 0 Å². The van der Waals surface area contributed by atoms with Crippen molar-refractivity contribution in [2.75, 3.05) is 19.7 Å². The van der Waals surface area contributed by atoms with Crippen molar-refractivity contribution in [2.24, 2.45) is 5.92 Å². The van der Waals surface area contributed by atoms with Gasteiger partial charge in [0.2, 0.25) is 0 Å². The Bertz CT molecular complexity index is 760. The summed E-state index contributed by atoms with van der Waals surface area (Å²) in [5.41, 5.74) is 0.558. The largest absolute Gasteiger partial charge is 0.466 e. The van der Waals surface area contributed by atoms with Gasteiger partial charge in [-0.15, -0.1) is 0 Å².